The molecule has 2 fully saturated rings. The lowest BCUT2D eigenvalue weighted by Crippen LogP contribution is -2.53. The minimum Gasteiger partial charge on any atom is -0.289 e. The molecule has 1 atom stereocenters. The van der Waals surface area contributed by atoms with E-state index >= 15 is 0 Å². The van der Waals surface area contributed by atoms with Gasteiger partial charge in [-0.2, -0.15) is 4.31 Å². The molecule has 0 bridgehead atoms. The Morgan fingerprint density at radius 1 is 1.14 bits per heavy atom. The summed E-state index contributed by atoms with van der Waals surface area (Å²) in [5.41, 5.74) is 0. The number of unbranched alkanes of at least 4 members (excludes halogenated alkanes) is 1. The highest BCUT2D eigenvalue weighted by molar-refractivity contribution is 7.89. The monoisotopic (exact) mass is 317 g/mol. The van der Waals surface area contributed by atoms with Gasteiger partial charge in [0.1, 0.15) is 0 Å². The smallest absolute Gasteiger partial charge is 0.246 e. The normalized spacial score (nSPS) is 25.8. The molecular weight excluding hydrogens is 294 g/mol. The molecule has 120 valence electrons. The molecule has 0 aliphatic carbocycles. The molecule has 0 N–H and O–H groups in total. The lowest BCUT2D eigenvalue weighted by molar-refractivity contribution is -0.138. The fourth-order valence-corrected chi connectivity index (χ4v) is 4.40. The van der Waals surface area contributed by atoms with E-state index < -0.39 is 16.1 Å². The van der Waals surface area contributed by atoms with Crippen LogP contribution in [0.3, 0.4) is 0 Å². The number of likely N-dealkylation sites (tertiary alicyclic amines) is 1. The molecule has 2 aliphatic rings. The molecular formula is C13H23N3O4S. The number of likely N-dealkylation sites (N-methyl/N-ethyl adjacent to an activating group) is 1. The molecule has 0 aromatic rings. The van der Waals surface area contributed by atoms with Crippen molar-refractivity contribution in [2.75, 3.05) is 39.0 Å². The van der Waals surface area contributed by atoms with Crippen LogP contribution in [-0.2, 0) is 19.6 Å². The number of amides is 2. The molecule has 0 radical (unpaired) electrons. The van der Waals surface area contributed by atoms with Crippen LogP contribution in [0.1, 0.15) is 26.2 Å². The number of carbonyl (C=O) groups is 2. The Hall–Kier alpha value is -0.990. The Morgan fingerprint density at radius 2 is 1.76 bits per heavy atom. The van der Waals surface area contributed by atoms with Gasteiger partial charge in [0.2, 0.25) is 21.8 Å². The number of sulfonamides is 1. The molecule has 1 unspecified atom stereocenters. The Kier molecular flexibility index (Phi) is 5.00. The van der Waals surface area contributed by atoms with Crippen molar-refractivity contribution >= 4 is 21.8 Å². The first kappa shape index (κ1) is 16.4. The topological polar surface area (TPSA) is 78.0 Å². The summed E-state index contributed by atoms with van der Waals surface area (Å²) in [6, 6.07) is -0.414. The van der Waals surface area contributed by atoms with Crippen molar-refractivity contribution in [3.05, 3.63) is 0 Å². The van der Waals surface area contributed by atoms with Gasteiger partial charge in [-0.15, -0.1) is 0 Å². The lowest BCUT2D eigenvalue weighted by Gasteiger charge is -2.36. The van der Waals surface area contributed by atoms with Crippen LogP contribution in [-0.4, -0.2) is 79.4 Å². The van der Waals surface area contributed by atoms with Gasteiger partial charge < -0.3 is 0 Å². The molecule has 21 heavy (non-hydrogen) atoms. The Labute approximate surface area is 125 Å². The second-order valence-corrected chi connectivity index (χ2v) is 7.70. The second-order valence-electron chi connectivity index (χ2n) is 5.62. The van der Waals surface area contributed by atoms with Crippen LogP contribution in [0.5, 0.6) is 0 Å². The van der Waals surface area contributed by atoms with Gasteiger partial charge in [0.05, 0.1) is 18.2 Å². The van der Waals surface area contributed by atoms with Crippen molar-refractivity contribution in [1.29, 1.82) is 0 Å². The number of piperazine rings is 1. The zero-order valence-electron chi connectivity index (χ0n) is 12.6. The van der Waals surface area contributed by atoms with Crippen LogP contribution >= 0.6 is 0 Å². The average molecular weight is 317 g/mol. The zero-order valence-corrected chi connectivity index (χ0v) is 13.4. The van der Waals surface area contributed by atoms with Gasteiger partial charge in [-0.05, 0) is 6.42 Å². The predicted octanol–water partition coefficient (Wildman–Crippen LogP) is -0.509. The Morgan fingerprint density at radius 3 is 2.24 bits per heavy atom. The third-order valence-electron chi connectivity index (χ3n) is 4.22. The summed E-state index contributed by atoms with van der Waals surface area (Å²) in [5.74, 6) is -0.155. The quantitative estimate of drug-likeness (QED) is 0.638. The predicted molar refractivity (Wildman–Crippen MR) is 78.0 cm³/mol. The van der Waals surface area contributed by atoms with Crippen molar-refractivity contribution in [1.82, 2.24) is 14.1 Å². The van der Waals surface area contributed by atoms with Crippen LogP contribution in [0, 0.1) is 0 Å². The van der Waals surface area contributed by atoms with E-state index in [-0.39, 0.29) is 24.0 Å². The fraction of sp³-hybridized carbons (Fsp3) is 0.846. The van der Waals surface area contributed by atoms with E-state index in [4.69, 9.17) is 0 Å². The average Bonchev–Trinajstić information content (AvgIpc) is 2.73. The van der Waals surface area contributed by atoms with E-state index in [2.05, 4.69) is 0 Å². The highest BCUT2D eigenvalue weighted by Crippen LogP contribution is 2.20. The first-order valence-corrected chi connectivity index (χ1v) is 9.00. The van der Waals surface area contributed by atoms with Crippen LogP contribution in [0.2, 0.25) is 0 Å². The number of rotatable bonds is 5. The summed E-state index contributed by atoms with van der Waals surface area (Å²) >= 11 is 0. The maximum Gasteiger partial charge on any atom is 0.246 e. The number of hydrogen-bond acceptors (Lipinski definition) is 5. The van der Waals surface area contributed by atoms with Crippen LogP contribution in [0.4, 0.5) is 0 Å². The lowest BCUT2D eigenvalue weighted by atomic mass is 10.2. The second kappa shape index (κ2) is 6.41. The minimum absolute atomic E-state index is 0.164. The molecule has 0 saturated carbocycles. The van der Waals surface area contributed by atoms with Crippen molar-refractivity contribution in [2.24, 2.45) is 0 Å². The molecule has 2 amide bonds. The van der Waals surface area contributed by atoms with Crippen molar-refractivity contribution in [3.8, 4) is 0 Å². The molecule has 2 saturated heterocycles. The molecule has 0 aromatic heterocycles. The van der Waals surface area contributed by atoms with Gasteiger partial charge >= 0.3 is 0 Å². The molecule has 2 heterocycles. The largest absolute Gasteiger partial charge is 0.289 e. The first-order valence-electron chi connectivity index (χ1n) is 7.39. The highest BCUT2D eigenvalue weighted by Gasteiger charge is 2.41. The van der Waals surface area contributed by atoms with E-state index in [9.17, 15) is 18.0 Å². The summed E-state index contributed by atoms with van der Waals surface area (Å²) in [5, 5.41) is 0. The summed E-state index contributed by atoms with van der Waals surface area (Å²) in [6.07, 6.45) is 1.73. The van der Waals surface area contributed by atoms with E-state index in [1.54, 1.807) is 0 Å². The van der Waals surface area contributed by atoms with E-state index in [0.29, 0.717) is 32.6 Å². The Balaban J connectivity index is 1.92. The molecule has 0 spiro atoms. The van der Waals surface area contributed by atoms with Gasteiger partial charge in [-0.3, -0.25) is 19.4 Å². The molecule has 8 heteroatoms. The van der Waals surface area contributed by atoms with Crippen LogP contribution in [0.25, 0.3) is 0 Å². The number of nitrogens with zero attached hydrogens (tertiary/aromatic N) is 3. The van der Waals surface area contributed by atoms with Gasteiger partial charge in [0.25, 0.3) is 0 Å². The molecule has 2 rings (SSSR count). The van der Waals surface area contributed by atoms with E-state index in [0.717, 1.165) is 11.3 Å². The summed E-state index contributed by atoms with van der Waals surface area (Å²) in [4.78, 5) is 26.6. The SMILES string of the molecule is CCCCS(=O)(=O)N1CCN(C2CC(=O)N(C)C2=O)CC1. The fourth-order valence-electron chi connectivity index (χ4n) is 2.77. The maximum absolute atomic E-state index is 12.1. The van der Waals surface area contributed by atoms with Crippen molar-refractivity contribution < 1.29 is 18.0 Å². The van der Waals surface area contributed by atoms with E-state index in [1.165, 1.54) is 11.4 Å². The summed E-state index contributed by atoms with van der Waals surface area (Å²) in [7, 11) is -1.69. The maximum atomic E-state index is 12.1. The van der Waals surface area contributed by atoms with Gasteiger partial charge in [-0.25, -0.2) is 8.42 Å². The van der Waals surface area contributed by atoms with Crippen LogP contribution < -0.4 is 0 Å². The van der Waals surface area contributed by atoms with Crippen molar-refractivity contribution in [3.63, 3.8) is 0 Å². The zero-order chi connectivity index (χ0) is 15.6. The van der Waals surface area contributed by atoms with E-state index in [1.807, 2.05) is 11.8 Å². The minimum atomic E-state index is -3.18. The Bertz CT molecular complexity index is 512. The van der Waals surface area contributed by atoms with Gasteiger partial charge in [-0.1, -0.05) is 13.3 Å². The van der Waals surface area contributed by atoms with Gasteiger partial charge in [0, 0.05) is 33.2 Å². The molecule has 7 nitrogen and oxygen atoms in total. The molecule has 0 aromatic carbocycles. The summed E-state index contributed by atoms with van der Waals surface area (Å²) < 4.78 is 25.7. The third kappa shape index (κ3) is 3.44. The third-order valence-corrected chi connectivity index (χ3v) is 6.18. The van der Waals surface area contributed by atoms with Gasteiger partial charge in [0.15, 0.2) is 0 Å². The standard InChI is InChI=1S/C13H23N3O4S/c1-3-4-9-21(19,20)16-7-5-15(6-8-16)11-10-12(17)14(2)13(11)18/h11H,3-10H2,1-2H3. The number of hydrogen-bond donors (Lipinski definition) is 0. The highest BCUT2D eigenvalue weighted by atomic mass is 32.2. The molecule has 2 aliphatic heterocycles. The number of carbonyl (C=O) groups excluding carboxylic acids is 2. The van der Waals surface area contributed by atoms with Crippen LogP contribution in [0.15, 0.2) is 0 Å². The van der Waals surface area contributed by atoms with Crippen molar-refractivity contribution in [2.45, 2.75) is 32.2 Å². The summed E-state index contributed by atoms with van der Waals surface area (Å²) in [6.45, 7) is 3.76. The first-order chi connectivity index (χ1) is 9.86. The number of imide groups is 1.